The lowest BCUT2D eigenvalue weighted by Crippen LogP contribution is -2.51. The number of thiocarbonyl (C=S) groups is 1. The van der Waals surface area contributed by atoms with Gasteiger partial charge in [0.05, 0.1) is 5.02 Å². The molecular formula is C19H19Cl2N3O3S. The second-order valence-electron chi connectivity index (χ2n) is 5.81. The average molecular weight is 440 g/mol. The first-order chi connectivity index (χ1) is 13.3. The number of hydrogen-bond donors (Lipinski definition) is 3. The molecule has 1 atom stereocenters. The summed E-state index contributed by atoms with van der Waals surface area (Å²) in [4.78, 5) is 24.0. The Morgan fingerprint density at radius 2 is 1.82 bits per heavy atom. The Balaban J connectivity index is 1.72. The molecule has 2 amide bonds. The summed E-state index contributed by atoms with van der Waals surface area (Å²) < 4.78 is 5.50. The number of amides is 2. The third-order valence-electron chi connectivity index (χ3n) is 3.60. The van der Waals surface area contributed by atoms with Crippen LogP contribution in [0, 0.1) is 0 Å². The van der Waals surface area contributed by atoms with E-state index >= 15 is 0 Å². The molecule has 9 heteroatoms. The number of carbonyl (C=O) groups excluding carboxylic acids is 2. The minimum Gasteiger partial charge on any atom is -0.479 e. The van der Waals surface area contributed by atoms with Crippen LogP contribution in [0.25, 0.3) is 0 Å². The monoisotopic (exact) mass is 439 g/mol. The molecule has 28 heavy (non-hydrogen) atoms. The van der Waals surface area contributed by atoms with Crippen molar-refractivity contribution in [1.82, 2.24) is 16.2 Å². The van der Waals surface area contributed by atoms with Gasteiger partial charge in [0.15, 0.2) is 11.2 Å². The van der Waals surface area contributed by atoms with E-state index in [-0.39, 0.29) is 17.4 Å². The van der Waals surface area contributed by atoms with Crippen LogP contribution >= 0.6 is 35.4 Å². The minimum absolute atomic E-state index is 0.0456. The SMILES string of the molecule is CC(Oc1ccc(Cl)cc1Cl)C(=O)NC(=S)NNC(=O)CCc1ccccc1. The Morgan fingerprint density at radius 3 is 2.50 bits per heavy atom. The highest BCUT2D eigenvalue weighted by molar-refractivity contribution is 7.80. The van der Waals surface area contributed by atoms with E-state index < -0.39 is 12.0 Å². The molecule has 2 aromatic rings. The van der Waals surface area contributed by atoms with Gasteiger partial charge in [0.2, 0.25) is 5.91 Å². The van der Waals surface area contributed by atoms with Crippen molar-refractivity contribution in [2.75, 3.05) is 0 Å². The molecule has 0 aliphatic heterocycles. The Morgan fingerprint density at radius 1 is 1.11 bits per heavy atom. The van der Waals surface area contributed by atoms with E-state index in [1.165, 1.54) is 6.07 Å². The lowest BCUT2D eigenvalue weighted by Gasteiger charge is -2.16. The first-order valence-corrected chi connectivity index (χ1v) is 9.57. The molecule has 0 spiro atoms. The van der Waals surface area contributed by atoms with E-state index in [0.29, 0.717) is 22.2 Å². The van der Waals surface area contributed by atoms with Crippen molar-refractivity contribution in [1.29, 1.82) is 0 Å². The summed E-state index contributed by atoms with van der Waals surface area (Å²) in [6.07, 6.45) is 0.00901. The Bertz CT molecular complexity index is 850. The van der Waals surface area contributed by atoms with Crippen LogP contribution < -0.4 is 20.9 Å². The maximum Gasteiger partial charge on any atom is 0.266 e. The largest absolute Gasteiger partial charge is 0.479 e. The van der Waals surface area contributed by atoms with Crippen molar-refractivity contribution in [3.63, 3.8) is 0 Å². The maximum atomic E-state index is 12.1. The number of carbonyl (C=O) groups is 2. The molecule has 0 saturated carbocycles. The van der Waals surface area contributed by atoms with Gasteiger partial charge >= 0.3 is 0 Å². The molecule has 3 N–H and O–H groups in total. The molecule has 1 unspecified atom stereocenters. The minimum atomic E-state index is -0.868. The molecule has 0 aromatic heterocycles. The fourth-order valence-electron chi connectivity index (χ4n) is 2.15. The third-order valence-corrected chi connectivity index (χ3v) is 4.34. The van der Waals surface area contributed by atoms with Gasteiger partial charge in [-0.15, -0.1) is 0 Å². The van der Waals surface area contributed by atoms with Crippen LogP contribution in [0.2, 0.25) is 10.0 Å². The van der Waals surface area contributed by atoms with Gasteiger partial charge in [0.25, 0.3) is 5.91 Å². The molecular weight excluding hydrogens is 421 g/mol. The summed E-state index contributed by atoms with van der Waals surface area (Å²) in [5.41, 5.74) is 5.98. The van der Waals surface area contributed by atoms with Crippen LogP contribution in [0.1, 0.15) is 18.9 Å². The van der Waals surface area contributed by atoms with Crippen LogP contribution in [-0.2, 0) is 16.0 Å². The summed E-state index contributed by atoms with van der Waals surface area (Å²) in [5, 5.41) is 3.14. The average Bonchev–Trinajstić information content (AvgIpc) is 2.67. The highest BCUT2D eigenvalue weighted by atomic mass is 35.5. The number of hydrogen-bond acceptors (Lipinski definition) is 4. The second kappa shape index (κ2) is 10.8. The zero-order chi connectivity index (χ0) is 20.5. The summed E-state index contributed by atoms with van der Waals surface area (Å²) >= 11 is 16.8. The van der Waals surface area contributed by atoms with Crippen molar-refractivity contribution >= 4 is 52.3 Å². The van der Waals surface area contributed by atoms with E-state index in [4.69, 9.17) is 40.2 Å². The Hall–Kier alpha value is -2.35. The number of nitrogens with one attached hydrogen (secondary N) is 3. The summed E-state index contributed by atoms with van der Waals surface area (Å²) in [7, 11) is 0. The zero-order valence-corrected chi connectivity index (χ0v) is 17.3. The Labute approximate surface area is 178 Å². The van der Waals surface area contributed by atoms with Crippen LogP contribution in [0.4, 0.5) is 0 Å². The number of benzene rings is 2. The van der Waals surface area contributed by atoms with Gasteiger partial charge < -0.3 is 4.74 Å². The van der Waals surface area contributed by atoms with Crippen molar-refractivity contribution in [3.05, 3.63) is 64.1 Å². The number of halogens is 2. The molecule has 0 bridgehead atoms. The van der Waals surface area contributed by atoms with E-state index in [9.17, 15) is 9.59 Å². The number of ether oxygens (including phenoxy) is 1. The first kappa shape index (κ1) is 21.9. The highest BCUT2D eigenvalue weighted by Crippen LogP contribution is 2.28. The highest BCUT2D eigenvalue weighted by Gasteiger charge is 2.17. The summed E-state index contributed by atoms with van der Waals surface area (Å²) in [6, 6.07) is 14.3. The third kappa shape index (κ3) is 7.34. The van der Waals surface area contributed by atoms with Gasteiger partial charge in [-0.1, -0.05) is 53.5 Å². The van der Waals surface area contributed by atoms with Crippen LogP contribution in [0.15, 0.2) is 48.5 Å². The molecule has 2 rings (SSSR count). The van der Waals surface area contributed by atoms with Crippen LogP contribution in [0.3, 0.4) is 0 Å². The molecule has 0 radical (unpaired) electrons. The molecule has 0 heterocycles. The summed E-state index contributed by atoms with van der Waals surface area (Å²) in [5.74, 6) is -0.429. The molecule has 0 fully saturated rings. The van der Waals surface area contributed by atoms with Gasteiger partial charge in [-0.3, -0.25) is 25.8 Å². The lowest BCUT2D eigenvalue weighted by molar-refractivity contribution is -0.126. The van der Waals surface area contributed by atoms with Crippen molar-refractivity contribution in [2.24, 2.45) is 0 Å². The predicted octanol–water partition coefficient (Wildman–Crippen LogP) is 3.42. The van der Waals surface area contributed by atoms with Crippen molar-refractivity contribution in [3.8, 4) is 5.75 Å². The number of hydrazine groups is 1. The van der Waals surface area contributed by atoms with Crippen molar-refractivity contribution < 1.29 is 14.3 Å². The van der Waals surface area contributed by atoms with Crippen LogP contribution in [-0.4, -0.2) is 23.0 Å². The van der Waals surface area contributed by atoms with Gasteiger partial charge in [-0.25, -0.2) is 0 Å². The fraction of sp³-hybridized carbons (Fsp3) is 0.211. The van der Waals surface area contributed by atoms with Crippen molar-refractivity contribution in [2.45, 2.75) is 25.9 Å². The molecule has 0 saturated heterocycles. The maximum absolute atomic E-state index is 12.1. The molecule has 0 aliphatic carbocycles. The van der Waals surface area contributed by atoms with E-state index in [1.54, 1.807) is 19.1 Å². The van der Waals surface area contributed by atoms with E-state index in [2.05, 4.69) is 16.2 Å². The van der Waals surface area contributed by atoms with Gasteiger partial charge in [-0.2, -0.15) is 0 Å². The molecule has 0 aliphatic rings. The van der Waals surface area contributed by atoms with Crippen LogP contribution in [0.5, 0.6) is 5.75 Å². The quantitative estimate of drug-likeness (QED) is 0.474. The fourth-order valence-corrected chi connectivity index (χ4v) is 2.76. The standard InChI is InChI=1S/C19H19Cl2N3O3S/c1-12(27-16-9-8-14(20)11-15(16)21)18(26)22-19(28)24-23-17(25)10-7-13-5-3-2-4-6-13/h2-6,8-9,11-12H,7,10H2,1H3,(H,23,25)(H2,22,24,26,28). The van der Waals surface area contributed by atoms with Gasteiger partial charge in [-0.05, 0) is 49.3 Å². The first-order valence-electron chi connectivity index (χ1n) is 8.40. The van der Waals surface area contributed by atoms with E-state index in [0.717, 1.165) is 5.56 Å². The topological polar surface area (TPSA) is 79.5 Å². The molecule has 148 valence electrons. The molecule has 2 aromatic carbocycles. The zero-order valence-electron chi connectivity index (χ0n) is 15.0. The van der Waals surface area contributed by atoms with Gasteiger partial charge in [0, 0.05) is 11.4 Å². The smallest absolute Gasteiger partial charge is 0.266 e. The van der Waals surface area contributed by atoms with E-state index in [1.807, 2.05) is 30.3 Å². The normalized spacial score (nSPS) is 11.2. The lowest BCUT2D eigenvalue weighted by atomic mass is 10.1. The number of aryl methyl sites for hydroxylation is 1. The van der Waals surface area contributed by atoms with Gasteiger partial charge in [0.1, 0.15) is 5.75 Å². The number of rotatable bonds is 6. The Kier molecular flexibility index (Phi) is 8.50. The summed E-state index contributed by atoms with van der Waals surface area (Å²) in [6.45, 7) is 1.54. The predicted molar refractivity (Wildman–Crippen MR) is 113 cm³/mol. The second-order valence-corrected chi connectivity index (χ2v) is 7.06. The molecule has 6 nitrogen and oxygen atoms in total.